The summed E-state index contributed by atoms with van der Waals surface area (Å²) < 4.78 is 4.97. The Hall–Kier alpha value is -7.20. The number of para-hydroxylation sites is 3. The standard InChI is InChI=1S/C54H38N2Si/c1-5-20-39(21-6-1)45-30-13-16-33-48(45)56-50-35-18-15-32-47(50)54-52(56)37-36-51-53(54)46-31-14-17-34-49(46)55(51)40-22-19-29-44(38-40)57(41-23-7-2-8-24-41,42-25-9-3-10-26-42)43-27-11-4-12-28-43/h1-38H. The molecule has 0 spiro atoms. The molecule has 9 aromatic carbocycles. The van der Waals surface area contributed by atoms with E-state index in [0.717, 1.165) is 5.69 Å². The molecule has 0 bridgehead atoms. The molecular weight excluding hydrogens is 705 g/mol. The van der Waals surface area contributed by atoms with Crippen molar-refractivity contribution in [3.63, 3.8) is 0 Å². The summed E-state index contributed by atoms with van der Waals surface area (Å²) in [4.78, 5) is 0. The molecule has 0 unspecified atom stereocenters. The van der Waals surface area contributed by atoms with Crippen molar-refractivity contribution < 1.29 is 0 Å². The minimum Gasteiger partial charge on any atom is -0.309 e. The van der Waals surface area contributed by atoms with E-state index in [1.165, 1.54) is 81.2 Å². The minimum atomic E-state index is -2.74. The van der Waals surface area contributed by atoms with Gasteiger partial charge in [0.05, 0.1) is 27.8 Å². The summed E-state index contributed by atoms with van der Waals surface area (Å²) in [5.74, 6) is 0. The van der Waals surface area contributed by atoms with E-state index in [-0.39, 0.29) is 0 Å². The summed E-state index contributed by atoms with van der Waals surface area (Å²) in [7, 11) is -2.74. The van der Waals surface area contributed by atoms with Crippen LogP contribution >= 0.6 is 0 Å². The summed E-state index contributed by atoms with van der Waals surface area (Å²) in [6.07, 6.45) is 0. The molecule has 2 nitrogen and oxygen atoms in total. The zero-order chi connectivity index (χ0) is 37.8. The number of aromatic nitrogens is 2. The predicted octanol–water partition coefficient (Wildman–Crippen LogP) is 10.9. The van der Waals surface area contributed by atoms with Gasteiger partial charge in [-0.1, -0.05) is 188 Å². The van der Waals surface area contributed by atoms with Crippen LogP contribution in [0.1, 0.15) is 0 Å². The van der Waals surface area contributed by atoms with Crippen molar-refractivity contribution in [3.05, 3.63) is 231 Å². The van der Waals surface area contributed by atoms with E-state index < -0.39 is 8.07 Å². The molecule has 11 aromatic rings. The van der Waals surface area contributed by atoms with Crippen molar-refractivity contribution in [1.29, 1.82) is 0 Å². The van der Waals surface area contributed by atoms with Gasteiger partial charge in [-0.2, -0.15) is 0 Å². The number of hydrogen-bond acceptors (Lipinski definition) is 0. The number of benzene rings is 9. The van der Waals surface area contributed by atoms with Crippen molar-refractivity contribution >= 4 is 72.4 Å². The molecule has 0 atom stereocenters. The maximum Gasteiger partial charge on any atom is 0.179 e. The molecule has 0 radical (unpaired) electrons. The van der Waals surface area contributed by atoms with Gasteiger partial charge in [0, 0.05) is 32.8 Å². The van der Waals surface area contributed by atoms with Crippen LogP contribution < -0.4 is 20.7 Å². The van der Waals surface area contributed by atoms with Gasteiger partial charge in [0.2, 0.25) is 0 Å². The molecule has 0 saturated carbocycles. The minimum absolute atomic E-state index is 1.16. The van der Waals surface area contributed by atoms with Gasteiger partial charge in [0.1, 0.15) is 0 Å². The lowest BCUT2D eigenvalue weighted by Crippen LogP contribution is -2.74. The van der Waals surface area contributed by atoms with Crippen LogP contribution in [-0.4, -0.2) is 17.2 Å². The number of fused-ring (bicyclic) bond motifs is 7. The SMILES string of the molecule is c1ccc(-c2ccccc2-n2c3ccccc3c3c4c5ccccc5n(-c5cccc([Si](c6ccccc6)(c6ccccc6)c6ccccc6)c5)c4ccc32)cc1. The van der Waals surface area contributed by atoms with E-state index in [2.05, 4.69) is 240 Å². The lowest BCUT2D eigenvalue weighted by Gasteiger charge is -2.34. The molecule has 0 amide bonds. The van der Waals surface area contributed by atoms with Crippen molar-refractivity contribution in [3.8, 4) is 22.5 Å². The van der Waals surface area contributed by atoms with Gasteiger partial charge in [0.25, 0.3) is 0 Å². The predicted molar refractivity (Wildman–Crippen MR) is 244 cm³/mol. The van der Waals surface area contributed by atoms with Crippen LogP contribution in [0.15, 0.2) is 231 Å². The van der Waals surface area contributed by atoms with Gasteiger partial charge in [-0.25, -0.2) is 0 Å². The van der Waals surface area contributed by atoms with Crippen LogP contribution in [0.2, 0.25) is 0 Å². The second-order valence-corrected chi connectivity index (χ2v) is 18.6. The molecular formula is C54H38N2Si. The van der Waals surface area contributed by atoms with Crippen molar-refractivity contribution in [2.45, 2.75) is 0 Å². The lowest BCUT2D eigenvalue weighted by atomic mass is 10.0. The zero-order valence-corrected chi connectivity index (χ0v) is 32.3. The van der Waals surface area contributed by atoms with E-state index in [9.17, 15) is 0 Å². The van der Waals surface area contributed by atoms with Crippen LogP contribution in [0.3, 0.4) is 0 Å². The fraction of sp³-hybridized carbons (Fsp3) is 0. The average Bonchev–Trinajstić information content (AvgIpc) is 3.81. The Morgan fingerprint density at radius 3 is 1.32 bits per heavy atom. The first-order valence-electron chi connectivity index (χ1n) is 19.7. The molecule has 0 saturated heterocycles. The van der Waals surface area contributed by atoms with Crippen LogP contribution in [0.5, 0.6) is 0 Å². The Balaban J connectivity index is 1.21. The maximum absolute atomic E-state index is 2.74. The van der Waals surface area contributed by atoms with Gasteiger partial charge in [-0.3, -0.25) is 0 Å². The molecule has 0 fully saturated rings. The monoisotopic (exact) mass is 742 g/mol. The highest BCUT2D eigenvalue weighted by Gasteiger charge is 2.41. The third-order valence-electron chi connectivity index (χ3n) is 11.9. The Bertz CT molecular complexity index is 3120. The molecule has 57 heavy (non-hydrogen) atoms. The first kappa shape index (κ1) is 33.2. The molecule has 0 aliphatic heterocycles. The highest BCUT2D eigenvalue weighted by molar-refractivity contribution is 7.19. The smallest absolute Gasteiger partial charge is 0.179 e. The molecule has 0 aliphatic carbocycles. The number of hydrogen-bond donors (Lipinski definition) is 0. The van der Waals surface area contributed by atoms with E-state index in [1.54, 1.807) is 0 Å². The van der Waals surface area contributed by atoms with E-state index in [0.29, 0.717) is 0 Å². The number of rotatable bonds is 7. The second kappa shape index (κ2) is 13.5. The average molecular weight is 743 g/mol. The van der Waals surface area contributed by atoms with E-state index in [4.69, 9.17) is 0 Å². The van der Waals surface area contributed by atoms with E-state index >= 15 is 0 Å². The van der Waals surface area contributed by atoms with Crippen molar-refractivity contribution in [2.75, 3.05) is 0 Å². The summed E-state index contributed by atoms with van der Waals surface area (Å²) in [5, 5.41) is 10.5. The molecule has 268 valence electrons. The van der Waals surface area contributed by atoms with Crippen LogP contribution in [0.4, 0.5) is 0 Å². The third kappa shape index (κ3) is 5.10. The zero-order valence-electron chi connectivity index (χ0n) is 31.3. The van der Waals surface area contributed by atoms with Crippen LogP contribution in [0.25, 0.3) is 66.1 Å². The molecule has 2 aromatic heterocycles. The molecule has 2 heterocycles. The van der Waals surface area contributed by atoms with Gasteiger partial charge in [-0.05, 0) is 68.8 Å². The summed E-state index contributed by atoms with van der Waals surface area (Å²) in [5.41, 5.74) is 9.56. The van der Waals surface area contributed by atoms with Gasteiger partial charge in [0.15, 0.2) is 8.07 Å². The Morgan fingerprint density at radius 1 is 0.298 bits per heavy atom. The topological polar surface area (TPSA) is 9.86 Å². The first-order chi connectivity index (χ1) is 28.3. The van der Waals surface area contributed by atoms with Crippen molar-refractivity contribution in [1.82, 2.24) is 9.13 Å². The fourth-order valence-electron chi connectivity index (χ4n) is 9.53. The highest BCUT2D eigenvalue weighted by atomic mass is 28.3. The maximum atomic E-state index is 2.50. The number of nitrogens with zero attached hydrogens (tertiary/aromatic N) is 2. The van der Waals surface area contributed by atoms with Crippen LogP contribution in [-0.2, 0) is 0 Å². The van der Waals surface area contributed by atoms with Crippen molar-refractivity contribution in [2.24, 2.45) is 0 Å². The Morgan fingerprint density at radius 2 is 0.737 bits per heavy atom. The van der Waals surface area contributed by atoms with Crippen LogP contribution in [0, 0.1) is 0 Å². The first-order valence-corrected chi connectivity index (χ1v) is 21.7. The largest absolute Gasteiger partial charge is 0.309 e. The summed E-state index contributed by atoms with van der Waals surface area (Å²) >= 11 is 0. The molecule has 0 aliphatic rings. The third-order valence-corrected chi connectivity index (χ3v) is 16.6. The summed E-state index contributed by atoms with van der Waals surface area (Å²) in [6, 6.07) is 85.1. The van der Waals surface area contributed by atoms with Gasteiger partial charge in [-0.15, -0.1) is 0 Å². The Labute approximate surface area is 333 Å². The fourth-order valence-corrected chi connectivity index (χ4v) is 14.3. The Kier molecular flexibility index (Phi) is 7.87. The van der Waals surface area contributed by atoms with Gasteiger partial charge < -0.3 is 9.13 Å². The lowest BCUT2D eigenvalue weighted by molar-refractivity contribution is 1.17. The van der Waals surface area contributed by atoms with Gasteiger partial charge >= 0.3 is 0 Å². The molecule has 0 N–H and O–H groups in total. The normalized spacial score (nSPS) is 11.9. The van der Waals surface area contributed by atoms with E-state index in [1.807, 2.05) is 0 Å². The highest BCUT2D eigenvalue weighted by Crippen LogP contribution is 2.43. The second-order valence-electron chi connectivity index (χ2n) is 14.8. The molecule has 11 rings (SSSR count). The summed E-state index contributed by atoms with van der Waals surface area (Å²) in [6.45, 7) is 0. The molecule has 3 heteroatoms. The quantitative estimate of drug-likeness (QED) is 0.114.